The van der Waals surface area contributed by atoms with E-state index in [4.69, 9.17) is 0 Å². The predicted octanol–water partition coefficient (Wildman–Crippen LogP) is 5.53. The molecule has 0 N–H and O–H groups in total. The molecular weight excluding hydrogens is 389 g/mol. The lowest BCUT2D eigenvalue weighted by Gasteiger charge is -2.21. The van der Waals surface area contributed by atoms with Crippen LogP contribution in [0.15, 0.2) is 83.8 Å². The van der Waals surface area contributed by atoms with E-state index in [1.54, 1.807) is 66.7 Å². The Bertz CT molecular complexity index is 1170. The summed E-state index contributed by atoms with van der Waals surface area (Å²) >= 11 is 0. The van der Waals surface area contributed by atoms with Gasteiger partial charge in [0.05, 0.1) is 11.4 Å². The highest BCUT2D eigenvalue weighted by molar-refractivity contribution is 7.92. The minimum Gasteiger partial charge on any atom is -0.254 e. The summed E-state index contributed by atoms with van der Waals surface area (Å²) in [5, 5.41) is 9.32. The first-order valence-corrected chi connectivity index (χ1v) is 10.3. The molecule has 0 amide bonds. The maximum atomic E-state index is 13.3. The van der Waals surface area contributed by atoms with Crippen LogP contribution in [-0.4, -0.2) is 15.0 Å². The van der Waals surface area contributed by atoms with Crippen molar-refractivity contribution in [2.75, 3.05) is 10.8 Å². The van der Waals surface area contributed by atoms with Crippen LogP contribution in [0.1, 0.15) is 11.1 Å². The number of anilines is 1. The normalized spacial score (nSPS) is 11.3. The summed E-state index contributed by atoms with van der Waals surface area (Å²) in [5.41, 5.74) is 2.06. The Labute approximate surface area is 169 Å². The zero-order chi connectivity index (χ0) is 20.9. The largest absolute Gasteiger partial charge is 0.409 e. The molecule has 0 unspecified atom stereocenters. The SMILES string of the molecule is Cc1ccc(S(=O)(=O)N(C/C=C/c2ccc(F)cc2)c2ccccc2[N+]#N)cc1. The Hall–Kier alpha value is -3.50. The number of hydrogen-bond donors (Lipinski definition) is 0. The molecule has 0 aliphatic heterocycles. The third-order valence-corrected chi connectivity index (χ3v) is 6.11. The van der Waals surface area contributed by atoms with Crippen LogP contribution in [-0.2, 0) is 10.0 Å². The van der Waals surface area contributed by atoms with Crippen LogP contribution in [0.5, 0.6) is 0 Å². The fourth-order valence-corrected chi connectivity index (χ4v) is 4.21. The first-order chi connectivity index (χ1) is 13.9. The number of aryl methyl sites for hydroxylation is 1. The smallest absolute Gasteiger partial charge is 0.254 e. The molecule has 0 bridgehead atoms. The van der Waals surface area contributed by atoms with Gasteiger partial charge in [0.2, 0.25) is 5.39 Å². The number of hydrogen-bond acceptors (Lipinski definition) is 3. The highest BCUT2D eigenvalue weighted by atomic mass is 32.2. The van der Waals surface area contributed by atoms with Crippen LogP contribution in [0.25, 0.3) is 11.1 Å². The molecule has 0 atom stereocenters. The van der Waals surface area contributed by atoms with Gasteiger partial charge in [-0.05, 0) is 42.8 Å². The van der Waals surface area contributed by atoms with Crippen molar-refractivity contribution < 1.29 is 12.8 Å². The average molecular weight is 408 g/mol. The highest BCUT2D eigenvalue weighted by Gasteiger charge is 2.29. The van der Waals surface area contributed by atoms with Crippen molar-refractivity contribution in [2.45, 2.75) is 11.8 Å². The van der Waals surface area contributed by atoms with E-state index in [2.05, 4.69) is 4.98 Å². The van der Waals surface area contributed by atoms with E-state index >= 15 is 0 Å². The molecule has 3 aromatic carbocycles. The summed E-state index contributed by atoms with van der Waals surface area (Å²) in [5.74, 6) is -0.343. The average Bonchev–Trinajstić information content (AvgIpc) is 2.73. The van der Waals surface area contributed by atoms with Crippen LogP contribution >= 0.6 is 0 Å². The Morgan fingerprint density at radius 2 is 1.66 bits per heavy atom. The van der Waals surface area contributed by atoms with Crippen LogP contribution in [0.2, 0.25) is 0 Å². The van der Waals surface area contributed by atoms with Crippen molar-refractivity contribution >= 4 is 27.5 Å². The third-order valence-electron chi connectivity index (χ3n) is 4.32. The van der Waals surface area contributed by atoms with Crippen molar-refractivity contribution in [3.05, 3.63) is 101 Å². The van der Waals surface area contributed by atoms with E-state index in [0.29, 0.717) is 0 Å². The second kappa shape index (κ2) is 8.67. The molecule has 5 nitrogen and oxygen atoms in total. The second-order valence-corrected chi connectivity index (χ2v) is 8.25. The van der Waals surface area contributed by atoms with Gasteiger partial charge < -0.3 is 0 Å². The van der Waals surface area contributed by atoms with Gasteiger partial charge in [0.25, 0.3) is 10.0 Å². The molecule has 0 heterocycles. The lowest BCUT2D eigenvalue weighted by Crippen LogP contribution is -2.31. The quantitative estimate of drug-likeness (QED) is 0.504. The van der Waals surface area contributed by atoms with Gasteiger partial charge in [-0.15, -0.1) is 0 Å². The van der Waals surface area contributed by atoms with Crippen molar-refractivity contribution in [1.29, 1.82) is 5.39 Å². The fourth-order valence-electron chi connectivity index (χ4n) is 2.78. The van der Waals surface area contributed by atoms with E-state index in [1.165, 1.54) is 22.5 Å². The van der Waals surface area contributed by atoms with E-state index < -0.39 is 10.0 Å². The zero-order valence-electron chi connectivity index (χ0n) is 15.7. The van der Waals surface area contributed by atoms with Crippen LogP contribution in [0, 0.1) is 18.1 Å². The highest BCUT2D eigenvalue weighted by Crippen LogP contribution is 2.32. The molecule has 0 aromatic heterocycles. The van der Waals surface area contributed by atoms with Gasteiger partial charge in [0.15, 0.2) is 4.98 Å². The zero-order valence-corrected chi connectivity index (χ0v) is 16.6. The predicted molar refractivity (Wildman–Crippen MR) is 112 cm³/mol. The molecule has 3 rings (SSSR count). The summed E-state index contributed by atoms with van der Waals surface area (Å²) in [7, 11) is -3.91. The standard InChI is InChI=1S/C22H19FN3O2S/c1-17-8-14-20(15-9-17)29(27,28)26(22-7-3-2-6-21(22)25-24)16-4-5-18-10-12-19(23)13-11-18/h2-15H,16H2,1H3/q+1/b5-4+. The monoisotopic (exact) mass is 408 g/mol. The maximum Gasteiger partial charge on any atom is 0.409 e. The molecule has 0 spiro atoms. The molecule has 7 heteroatoms. The summed E-state index contributed by atoms with van der Waals surface area (Å²) in [6, 6.07) is 18.8. The Kier molecular flexibility index (Phi) is 6.05. The van der Waals surface area contributed by atoms with E-state index in [-0.39, 0.29) is 28.6 Å². The van der Waals surface area contributed by atoms with Crippen molar-refractivity contribution in [2.24, 2.45) is 0 Å². The number of halogens is 1. The minimum absolute atomic E-state index is 0.000119. The summed E-state index contributed by atoms with van der Waals surface area (Å²) in [6.07, 6.45) is 3.36. The number of rotatable bonds is 6. The molecule has 0 saturated heterocycles. The Balaban J connectivity index is 2.01. The Morgan fingerprint density at radius 1 is 1.00 bits per heavy atom. The molecule has 0 saturated carbocycles. The van der Waals surface area contributed by atoms with Crippen LogP contribution in [0.4, 0.5) is 15.8 Å². The molecule has 3 aromatic rings. The van der Waals surface area contributed by atoms with Gasteiger partial charge in [-0.3, -0.25) is 4.31 Å². The molecule has 0 aliphatic rings. The maximum absolute atomic E-state index is 13.3. The van der Waals surface area contributed by atoms with Crippen molar-refractivity contribution in [3.63, 3.8) is 0 Å². The minimum atomic E-state index is -3.91. The van der Waals surface area contributed by atoms with Crippen molar-refractivity contribution in [3.8, 4) is 0 Å². The Morgan fingerprint density at radius 3 is 2.31 bits per heavy atom. The van der Waals surface area contributed by atoms with Gasteiger partial charge in [-0.25, -0.2) is 12.8 Å². The van der Waals surface area contributed by atoms with Gasteiger partial charge in [0, 0.05) is 6.07 Å². The van der Waals surface area contributed by atoms with Gasteiger partial charge in [-0.1, -0.05) is 54.1 Å². The molecule has 0 radical (unpaired) electrons. The number of para-hydroxylation sites is 1. The number of sulfonamides is 1. The lowest BCUT2D eigenvalue weighted by atomic mass is 10.2. The molecular formula is C22H19FN3O2S+. The molecule has 146 valence electrons. The molecule has 29 heavy (non-hydrogen) atoms. The van der Waals surface area contributed by atoms with E-state index in [1.807, 2.05) is 6.92 Å². The topological polar surface area (TPSA) is 65.5 Å². The number of diazo groups is 1. The first-order valence-electron chi connectivity index (χ1n) is 8.87. The fraction of sp³-hybridized carbons (Fsp3) is 0.0909. The number of nitrogens with zero attached hydrogens (tertiary/aromatic N) is 3. The lowest BCUT2D eigenvalue weighted by molar-refractivity contribution is 0.593. The summed E-state index contributed by atoms with van der Waals surface area (Å²) in [4.78, 5) is 3.35. The second-order valence-electron chi connectivity index (χ2n) is 6.39. The molecule has 0 fully saturated rings. The first kappa shape index (κ1) is 20.2. The van der Waals surface area contributed by atoms with Gasteiger partial charge in [-0.2, -0.15) is 0 Å². The van der Waals surface area contributed by atoms with Gasteiger partial charge >= 0.3 is 5.69 Å². The van der Waals surface area contributed by atoms with E-state index in [9.17, 15) is 18.2 Å². The third kappa shape index (κ3) is 4.68. The van der Waals surface area contributed by atoms with Crippen LogP contribution < -0.4 is 4.31 Å². The summed E-state index contributed by atoms with van der Waals surface area (Å²) in [6.45, 7) is 1.87. The molecule has 0 aliphatic carbocycles. The summed E-state index contributed by atoms with van der Waals surface area (Å²) < 4.78 is 40.9. The van der Waals surface area contributed by atoms with Crippen LogP contribution in [0.3, 0.4) is 0 Å². The van der Waals surface area contributed by atoms with E-state index in [0.717, 1.165) is 11.1 Å². The van der Waals surface area contributed by atoms with Crippen molar-refractivity contribution in [1.82, 2.24) is 0 Å². The van der Waals surface area contributed by atoms with Gasteiger partial charge in [0.1, 0.15) is 11.5 Å². The number of benzene rings is 3.